The highest BCUT2D eigenvalue weighted by Crippen LogP contribution is 2.22. The van der Waals surface area contributed by atoms with Crippen LogP contribution in [0.2, 0.25) is 0 Å². The highest BCUT2D eigenvalue weighted by molar-refractivity contribution is 5.96. The van der Waals surface area contributed by atoms with Crippen LogP contribution in [0, 0.1) is 20.8 Å². The van der Waals surface area contributed by atoms with Crippen LogP contribution in [-0.4, -0.2) is 31.2 Å². The summed E-state index contributed by atoms with van der Waals surface area (Å²) in [6.45, 7) is 9.58. The van der Waals surface area contributed by atoms with E-state index in [1.54, 1.807) is 24.3 Å². The van der Waals surface area contributed by atoms with Gasteiger partial charge in [0.2, 0.25) is 0 Å². The average Bonchev–Trinajstić information content (AvgIpc) is 2.64. The van der Waals surface area contributed by atoms with Gasteiger partial charge < -0.3 is 19.5 Å². The Labute approximate surface area is 165 Å². The van der Waals surface area contributed by atoms with Crippen LogP contribution in [0.5, 0.6) is 11.5 Å². The minimum atomic E-state index is -0.934. The average molecular weight is 385 g/mol. The van der Waals surface area contributed by atoms with Crippen molar-refractivity contribution in [3.05, 3.63) is 53.1 Å². The Morgan fingerprint density at radius 1 is 0.964 bits per heavy atom. The number of aryl methyl sites for hydroxylation is 3. The van der Waals surface area contributed by atoms with Gasteiger partial charge in [-0.2, -0.15) is 0 Å². The number of hydrogen-bond donors (Lipinski definition) is 1. The molecular formula is C22H27NO5. The number of nitrogens with one attached hydrogen (secondary N) is 1. The van der Waals surface area contributed by atoms with E-state index in [1.165, 1.54) is 6.92 Å². The van der Waals surface area contributed by atoms with Crippen molar-refractivity contribution < 1.29 is 23.8 Å². The summed E-state index contributed by atoms with van der Waals surface area (Å²) in [4.78, 5) is 24.3. The molecule has 0 bridgehead atoms. The predicted octanol–water partition coefficient (Wildman–Crippen LogP) is 3.96. The molecule has 0 aliphatic rings. The Kier molecular flexibility index (Phi) is 7.44. The van der Waals surface area contributed by atoms with Crippen molar-refractivity contribution in [3.8, 4) is 11.5 Å². The lowest BCUT2D eigenvalue weighted by molar-refractivity contribution is -0.155. The first-order chi connectivity index (χ1) is 13.3. The Balaban J connectivity index is 1.85. The fourth-order valence-corrected chi connectivity index (χ4v) is 2.83. The summed E-state index contributed by atoms with van der Waals surface area (Å²) in [6.07, 6.45) is -0.934. The molecule has 0 spiro atoms. The maximum atomic E-state index is 12.4. The topological polar surface area (TPSA) is 73.9 Å². The maximum absolute atomic E-state index is 12.4. The van der Waals surface area contributed by atoms with Gasteiger partial charge in [-0.25, -0.2) is 4.79 Å². The number of rotatable bonds is 8. The summed E-state index contributed by atoms with van der Waals surface area (Å²) in [6, 6.07) is 10.9. The van der Waals surface area contributed by atoms with Crippen LogP contribution in [0.4, 0.5) is 5.69 Å². The molecule has 2 rings (SSSR count). The third-order valence-electron chi connectivity index (χ3n) is 4.09. The molecule has 0 saturated heterocycles. The third-order valence-corrected chi connectivity index (χ3v) is 4.09. The molecule has 0 aromatic heterocycles. The van der Waals surface area contributed by atoms with Crippen LogP contribution < -0.4 is 14.8 Å². The zero-order valence-electron chi connectivity index (χ0n) is 17.0. The maximum Gasteiger partial charge on any atom is 0.344 e. The first kappa shape index (κ1) is 21.3. The molecule has 6 nitrogen and oxygen atoms in total. The van der Waals surface area contributed by atoms with E-state index >= 15 is 0 Å². The van der Waals surface area contributed by atoms with Crippen LogP contribution in [0.15, 0.2) is 36.4 Å². The molecule has 0 radical (unpaired) electrons. The van der Waals surface area contributed by atoms with Gasteiger partial charge in [0.15, 0.2) is 12.7 Å². The van der Waals surface area contributed by atoms with Crippen molar-refractivity contribution in [2.24, 2.45) is 0 Å². The first-order valence-corrected chi connectivity index (χ1v) is 9.24. The normalized spacial score (nSPS) is 11.5. The van der Waals surface area contributed by atoms with E-state index in [1.807, 2.05) is 39.8 Å². The van der Waals surface area contributed by atoms with Crippen molar-refractivity contribution >= 4 is 17.6 Å². The minimum absolute atomic E-state index is 0.284. The second kappa shape index (κ2) is 9.78. The Morgan fingerprint density at radius 3 is 2.04 bits per heavy atom. The summed E-state index contributed by atoms with van der Waals surface area (Å²) < 4.78 is 15.9. The van der Waals surface area contributed by atoms with Crippen molar-refractivity contribution in [2.45, 2.75) is 40.7 Å². The monoisotopic (exact) mass is 385 g/mol. The van der Waals surface area contributed by atoms with Crippen LogP contribution in [-0.2, 0) is 14.3 Å². The van der Waals surface area contributed by atoms with Crippen molar-refractivity contribution in [3.63, 3.8) is 0 Å². The molecule has 6 heteroatoms. The van der Waals surface area contributed by atoms with Gasteiger partial charge in [0.25, 0.3) is 5.91 Å². The van der Waals surface area contributed by atoms with Crippen molar-refractivity contribution in [1.29, 1.82) is 0 Å². The largest absolute Gasteiger partial charge is 0.494 e. The summed E-state index contributed by atoms with van der Waals surface area (Å²) in [5, 5.41) is 2.83. The predicted molar refractivity (Wildman–Crippen MR) is 108 cm³/mol. The highest BCUT2D eigenvalue weighted by Gasteiger charge is 2.19. The zero-order valence-corrected chi connectivity index (χ0v) is 17.0. The Morgan fingerprint density at radius 2 is 1.50 bits per heavy atom. The lowest BCUT2D eigenvalue weighted by Gasteiger charge is -2.17. The van der Waals surface area contributed by atoms with Gasteiger partial charge in [-0.1, -0.05) is 17.7 Å². The molecule has 0 saturated carbocycles. The van der Waals surface area contributed by atoms with Gasteiger partial charge in [0.05, 0.1) is 6.61 Å². The lowest BCUT2D eigenvalue weighted by atomic mass is 10.0. The number of anilines is 1. The number of carbonyl (C=O) groups is 2. The van der Waals surface area contributed by atoms with E-state index in [2.05, 4.69) is 5.32 Å². The minimum Gasteiger partial charge on any atom is -0.494 e. The van der Waals surface area contributed by atoms with Gasteiger partial charge >= 0.3 is 5.97 Å². The van der Waals surface area contributed by atoms with Crippen molar-refractivity contribution in [1.82, 2.24) is 0 Å². The Bertz CT molecular complexity index is 806. The van der Waals surface area contributed by atoms with E-state index in [-0.39, 0.29) is 12.5 Å². The lowest BCUT2D eigenvalue weighted by Crippen LogP contribution is -2.32. The van der Waals surface area contributed by atoms with Crippen LogP contribution in [0.25, 0.3) is 0 Å². The van der Waals surface area contributed by atoms with Crippen LogP contribution >= 0.6 is 0 Å². The number of esters is 1. The molecule has 1 atom stereocenters. The summed E-state index contributed by atoms with van der Waals surface area (Å²) in [7, 11) is 0. The van der Waals surface area contributed by atoms with Crippen molar-refractivity contribution in [2.75, 3.05) is 18.5 Å². The number of ether oxygens (including phenoxy) is 3. The quantitative estimate of drug-likeness (QED) is 0.696. The first-order valence-electron chi connectivity index (χ1n) is 9.24. The SMILES string of the molecule is CCOc1ccc(OCC(=O)O[C@H](C)C(=O)Nc2c(C)cc(C)cc2C)cc1. The zero-order chi connectivity index (χ0) is 20.7. The summed E-state index contributed by atoms with van der Waals surface area (Å²) in [5.41, 5.74) is 3.79. The van der Waals surface area contributed by atoms with E-state index in [0.717, 1.165) is 28.1 Å². The van der Waals surface area contributed by atoms with Gasteiger partial charge in [-0.15, -0.1) is 0 Å². The molecule has 0 aliphatic heterocycles. The fraction of sp³-hybridized carbons (Fsp3) is 0.364. The van der Waals surface area contributed by atoms with Gasteiger partial charge in [0, 0.05) is 5.69 Å². The summed E-state index contributed by atoms with van der Waals surface area (Å²) in [5.74, 6) is 0.242. The van der Waals surface area contributed by atoms with E-state index in [9.17, 15) is 9.59 Å². The van der Waals surface area contributed by atoms with E-state index in [0.29, 0.717) is 12.4 Å². The highest BCUT2D eigenvalue weighted by atomic mass is 16.6. The molecule has 0 aliphatic carbocycles. The smallest absolute Gasteiger partial charge is 0.344 e. The van der Waals surface area contributed by atoms with Crippen LogP contribution in [0.1, 0.15) is 30.5 Å². The standard InChI is InChI=1S/C22H27NO5/c1-6-26-18-7-9-19(10-8-18)27-13-20(24)28-17(5)22(25)23-21-15(3)11-14(2)12-16(21)4/h7-12,17H,6,13H2,1-5H3,(H,23,25)/t17-/m1/s1. The molecule has 0 unspecified atom stereocenters. The molecule has 0 fully saturated rings. The van der Waals surface area contributed by atoms with Gasteiger partial charge in [-0.05, 0) is 70.0 Å². The Hall–Kier alpha value is -3.02. The number of amides is 1. The second-order valence-corrected chi connectivity index (χ2v) is 6.59. The van der Waals surface area contributed by atoms with E-state index < -0.39 is 12.1 Å². The van der Waals surface area contributed by atoms with Gasteiger partial charge in [-0.3, -0.25) is 4.79 Å². The molecule has 1 amide bonds. The fourth-order valence-electron chi connectivity index (χ4n) is 2.83. The molecule has 150 valence electrons. The molecule has 0 heterocycles. The number of hydrogen-bond acceptors (Lipinski definition) is 5. The molecule has 28 heavy (non-hydrogen) atoms. The molecule has 2 aromatic rings. The van der Waals surface area contributed by atoms with Crippen LogP contribution in [0.3, 0.4) is 0 Å². The molecule has 2 aromatic carbocycles. The second-order valence-electron chi connectivity index (χ2n) is 6.59. The number of carbonyl (C=O) groups excluding carboxylic acids is 2. The van der Waals surface area contributed by atoms with E-state index in [4.69, 9.17) is 14.2 Å². The molecule has 1 N–H and O–H groups in total. The summed E-state index contributed by atoms with van der Waals surface area (Å²) >= 11 is 0. The molecular weight excluding hydrogens is 358 g/mol. The number of benzene rings is 2. The third kappa shape index (κ3) is 6.01. The van der Waals surface area contributed by atoms with Gasteiger partial charge in [0.1, 0.15) is 11.5 Å².